The first kappa shape index (κ1) is 8.66. The molecule has 7 heavy (non-hydrogen) atoms. The second-order valence-electron chi connectivity index (χ2n) is 1.56. The van der Waals surface area contributed by atoms with Crippen molar-refractivity contribution >= 4 is 64.5 Å². The monoisotopic (exact) mass is 220 g/mol. The summed E-state index contributed by atoms with van der Waals surface area (Å²) < 4.78 is 0. The van der Waals surface area contributed by atoms with E-state index in [0.717, 1.165) is 0 Å². The van der Waals surface area contributed by atoms with Crippen LogP contribution in [0.25, 0.3) is 0 Å². The molecule has 0 bridgehead atoms. The van der Waals surface area contributed by atoms with Crippen LogP contribution in [0.2, 0.25) is 0 Å². The van der Waals surface area contributed by atoms with Crippen molar-refractivity contribution in [3.05, 3.63) is 0 Å². The van der Waals surface area contributed by atoms with E-state index in [1.807, 2.05) is 0 Å². The average Bonchev–Trinajstić information content (AvgIpc) is 1.68. The quantitative estimate of drug-likeness (QED) is 0.340. The maximum absolute atomic E-state index is 6.00. The highest BCUT2D eigenvalue weighted by atomic mass is 35.7. The summed E-state index contributed by atoms with van der Waals surface area (Å²) in [7, 11) is 3.00. The van der Waals surface area contributed by atoms with Gasteiger partial charge in [-0.3, -0.25) is 0 Å². The maximum Gasteiger partial charge on any atom is 0.207 e. The van der Waals surface area contributed by atoms with Crippen molar-refractivity contribution in [3.63, 3.8) is 0 Å². The van der Waals surface area contributed by atoms with Gasteiger partial charge in [-0.05, 0) is 19.5 Å². The minimum absolute atomic E-state index is 0.147. The molecule has 0 atom stereocenters. The molecule has 0 radical (unpaired) electrons. The van der Waals surface area contributed by atoms with E-state index in [1.54, 1.807) is 0 Å². The number of hydrogen-bond acceptors (Lipinski definition) is 0. The van der Waals surface area contributed by atoms with Crippen molar-refractivity contribution in [2.75, 3.05) is 0 Å². The topological polar surface area (TPSA) is 0 Å². The van der Waals surface area contributed by atoms with Crippen LogP contribution in [-0.4, -0.2) is 42.4 Å². The normalized spacial score (nSPS) is 16.3. The summed E-state index contributed by atoms with van der Waals surface area (Å²) in [5.41, 5.74) is -1.31. The molecule has 0 aliphatic heterocycles. The van der Waals surface area contributed by atoms with E-state index < -0.39 is 5.73 Å². The molecule has 0 fully saturated rings. The Kier molecular flexibility index (Phi) is 4.51. The highest BCUT2D eigenvalue weighted by Crippen LogP contribution is 2.06. The summed E-state index contributed by atoms with van der Waals surface area (Å²) >= 11 is 12.0. The first-order valence-electron chi connectivity index (χ1n) is 2.50. The molecule has 0 aliphatic carbocycles. The molecule has 0 aromatic carbocycles. The minimum Gasteiger partial charge on any atom is -0.156 e. The van der Waals surface area contributed by atoms with Gasteiger partial charge in [-0.1, -0.05) is 0 Å². The van der Waals surface area contributed by atoms with E-state index in [-0.39, 0.29) is 17.1 Å². The number of rotatable bonds is 2. The van der Waals surface area contributed by atoms with Gasteiger partial charge in [0.2, 0.25) is 5.73 Å². The molecule has 0 aromatic rings. The van der Waals surface area contributed by atoms with Gasteiger partial charge < -0.3 is 0 Å². The highest BCUT2D eigenvalue weighted by Gasteiger charge is 2.21. The molecule has 0 rings (SSSR count). The third kappa shape index (κ3) is 4.19. The van der Waals surface area contributed by atoms with Crippen LogP contribution < -0.4 is 0 Å². The molecule has 0 aliphatic rings. The predicted molar refractivity (Wildman–Crippen MR) is 54.4 cm³/mol. The molecule has 0 unspecified atom stereocenters. The molecule has 0 saturated carbocycles. The molecular formula is H10Cl2Si5. The van der Waals surface area contributed by atoms with Gasteiger partial charge in [0.25, 0.3) is 0 Å². The van der Waals surface area contributed by atoms with E-state index in [9.17, 15) is 0 Å². The predicted octanol–water partition coefficient (Wildman–Crippen LogP) is -3.20. The molecule has 7 heteroatoms. The van der Waals surface area contributed by atoms with Crippen molar-refractivity contribution in [1.29, 1.82) is 0 Å². The zero-order valence-corrected chi connectivity index (χ0v) is 14.0. The Bertz CT molecular complexity index is 44.0. The molecule has 0 N–H and O–H groups in total. The summed E-state index contributed by atoms with van der Waals surface area (Å²) in [5.74, 6) is 0. The van der Waals surface area contributed by atoms with Crippen molar-refractivity contribution < 1.29 is 0 Å². The first-order valence-corrected chi connectivity index (χ1v) is 22.5. The fourth-order valence-corrected chi connectivity index (χ4v) is 60.7. The average molecular weight is 221 g/mol. The summed E-state index contributed by atoms with van der Waals surface area (Å²) in [6, 6.07) is 0. The molecular weight excluding hydrogens is 211 g/mol. The summed E-state index contributed by atoms with van der Waals surface area (Å²) in [5, 5.41) is 0. The second-order valence-corrected chi connectivity index (χ2v) is 42.2. The van der Waals surface area contributed by atoms with Gasteiger partial charge in [0, 0.05) is 17.1 Å². The number of halogens is 2. The van der Waals surface area contributed by atoms with Crippen LogP contribution in [0.5, 0.6) is 0 Å². The van der Waals surface area contributed by atoms with E-state index in [0.29, 0.717) is 0 Å². The van der Waals surface area contributed by atoms with Gasteiger partial charge in [0.15, 0.2) is 0 Å². The van der Waals surface area contributed by atoms with Crippen LogP contribution in [0.1, 0.15) is 0 Å². The van der Waals surface area contributed by atoms with Crippen LogP contribution in [0.4, 0.5) is 0 Å². The lowest BCUT2D eigenvalue weighted by Gasteiger charge is -2.07. The van der Waals surface area contributed by atoms with E-state index in [1.165, 1.54) is 19.5 Å². The van der Waals surface area contributed by atoms with Crippen LogP contribution >= 0.6 is 22.2 Å². The van der Waals surface area contributed by atoms with Crippen molar-refractivity contribution in [3.8, 4) is 0 Å². The van der Waals surface area contributed by atoms with E-state index in [4.69, 9.17) is 22.2 Å². The third-order valence-corrected chi connectivity index (χ3v) is 83.8. The van der Waals surface area contributed by atoms with E-state index >= 15 is 0 Å². The fourth-order valence-electron chi connectivity index (χ4n) is 0.250. The maximum atomic E-state index is 6.00. The standard InChI is InChI=1S/Cl2H10Si5/c1-7(2,5-3)6-4/h5-6H2,3-4H3. The Morgan fingerprint density at radius 3 is 1.43 bits per heavy atom. The SMILES string of the molecule is [SiH3][SiH2][Si](Cl)(Cl)[SiH2][SiH3]. The molecule has 0 nitrogen and oxygen atoms in total. The van der Waals surface area contributed by atoms with Crippen LogP contribution in [0.3, 0.4) is 0 Å². The molecule has 0 spiro atoms. The smallest absolute Gasteiger partial charge is 0.156 e. The van der Waals surface area contributed by atoms with Crippen LogP contribution in [0.15, 0.2) is 0 Å². The molecule has 0 heterocycles. The highest BCUT2D eigenvalue weighted by molar-refractivity contribution is 7.91. The third-order valence-electron chi connectivity index (χ3n) is 1.03. The lowest BCUT2D eigenvalue weighted by molar-refractivity contribution is 3.64. The second kappa shape index (κ2) is 3.64. The molecule has 0 saturated heterocycles. The van der Waals surface area contributed by atoms with Gasteiger partial charge >= 0.3 is 0 Å². The lowest BCUT2D eigenvalue weighted by atomic mass is 26.3. The zero-order valence-electron chi connectivity index (χ0n) is 4.67. The Morgan fingerprint density at radius 1 is 1.14 bits per heavy atom. The Balaban J connectivity index is 3.36. The summed E-state index contributed by atoms with van der Waals surface area (Å²) in [6.07, 6.45) is 0. The van der Waals surface area contributed by atoms with Crippen molar-refractivity contribution in [1.82, 2.24) is 0 Å². The van der Waals surface area contributed by atoms with Crippen LogP contribution in [0, 0.1) is 0 Å². The van der Waals surface area contributed by atoms with Crippen molar-refractivity contribution in [2.45, 2.75) is 0 Å². The largest absolute Gasteiger partial charge is 0.207 e. The zero-order chi connectivity index (χ0) is 5.91. The van der Waals surface area contributed by atoms with Gasteiger partial charge in [0.05, 0.1) is 0 Å². The first-order chi connectivity index (χ1) is 3.12. The number of hydrogen-bond donors (Lipinski definition) is 0. The fraction of sp³-hybridized carbons (Fsp3) is 0. The van der Waals surface area contributed by atoms with Gasteiger partial charge in [-0.25, -0.2) is 0 Å². The van der Waals surface area contributed by atoms with Gasteiger partial charge in [-0.15, -0.1) is 0 Å². The van der Waals surface area contributed by atoms with Gasteiger partial charge in [-0.2, -0.15) is 22.2 Å². The Morgan fingerprint density at radius 2 is 1.43 bits per heavy atom. The van der Waals surface area contributed by atoms with Gasteiger partial charge in [0.1, 0.15) is 0 Å². The van der Waals surface area contributed by atoms with Crippen LogP contribution in [-0.2, 0) is 0 Å². The summed E-state index contributed by atoms with van der Waals surface area (Å²) in [6.45, 7) is 0. The molecule has 0 aromatic heterocycles. The van der Waals surface area contributed by atoms with Crippen molar-refractivity contribution in [2.24, 2.45) is 0 Å². The molecule has 0 amide bonds. The minimum atomic E-state index is -1.31. The summed E-state index contributed by atoms with van der Waals surface area (Å²) in [4.78, 5) is 0. The lowest BCUT2D eigenvalue weighted by Crippen LogP contribution is -2.37. The van der Waals surface area contributed by atoms with E-state index in [2.05, 4.69) is 0 Å². The Hall–Kier alpha value is 1.66. The Labute approximate surface area is 64.4 Å². The molecule has 44 valence electrons.